The number of aromatic nitrogens is 4. The first kappa shape index (κ1) is 18.6. The quantitative estimate of drug-likeness (QED) is 0.495. The highest BCUT2D eigenvalue weighted by atomic mass is 32.2. The van der Waals surface area contributed by atoms with E-state index in [1.807, 2.05) is 65.8 Å². The average molecular weight is 372 g/mol. The fraction of sp³-hybridized carbons (Fsp3) is 0.474. The van der Waals surface area contributed by atoms with E-state index in [4.69, 9.17) is 9.51 Å². The van der Waals surface area contributed by atoms with Crippen LogP contribution < -0.4 is 5.56 Å². The lowest BCUT2D eigenvalue weighted by Crippen LogP contribution is -2.25. The number of hydrogen-bond donors (Lipinski definition) is 0. The summed E-state index contributed by atoms with van der Waals surface area (Å²) in [5, 5.41) is 5.26. The van der Waals surface area contributed by atoms with Gasteiger partial charge >= 0.3 is 0 Å². The Labute approximate surface area is 157 Å². The molecule has 0 spiro atoms. The Bertz CT molecular complexity index is 985. The summed E-state index contributed by atoms with van der Waals surface area (Å²) >= 11 is 1.46. The number of benzene rings is 1. The van der Waals surface area contributed by atoms with Crippen LogP contribution in [0.25, 0.3) is 10.9 Å². The second kappa shape index (κ2) is 6.87. The van der Waals surface area contributed by atoms with E-state index in [9.17, 15) is 4.79 Å². The molecule has 1 aromatic carbocycles. The van der Waals surface area contributed by atoms with E-state index in [0.717, 1.165) is 0 Å². The van der Waals surface area contributed by atoms with E-state index in [0.29, 0.717) is 27.8 Å². The molecule has 0 saturated carbocycles. The third kappa shape index (κ3) is 3.53. The van der Waals surface area contributed by atoms with Gasteiger partial charge in [-0.15, -0.1) is 0 Å². The van der Waals surface area contributed by atoms with Crippen molar-refractivity contribution in [3.8, 4) is 0 Å². The van der Waals surface area contributed by atoms with Gasteiger partial charge in [-0.3, -0.25) is 9.36 Å². The van der Waals surface area contributed by atoms with Gasteiger partial charge in [0.15, 0.2) is 11.0 Å². The van der Waals surface area contributed by atoms with Crippen LogP contribution in [-0.4, -0.2) is 19.7 Å². The van der Waals surface area contributed by atoms with Gasteiger partial charge < -0.3 is 4.52 Å². The molecule has 0 aliphatic carbocycles. The standard InChI is InChI=1S/C19H24N4O2S/c1-11(2)23-16(24)13-9-7-8-10-14(13)20-18(23)26-12(3)15-21-17(22-25-15)19(4,5)6/h7-12H,1-6H3. The van der Waals surface area contributed by atoms with Crippen LogP contribution in [0.2, 0.25) is 0 Å². The molecule has 0 fully saturated rings. The Hall–Kier alpha value is -2.15. The molecule has 26 heavy (non-hydrogen) atoms. The molecule has 2 aromatic heterocycles. The number of para-hydroxylation sites is 1. The lowest BCUT2D eigenvalue weighted by atomic mass is 9.96. The van der Waals surface area contributed by atoms with Gasteiger partial charge in [0.1, 0.15) is 0 Å². The minimum absolute atomic E-state index is 0.00197. The first-order valence-electron chi connectivity index (χ1n) is 8.70. The van der Waals surface area contributed by atoms with Gasteiger partial charge in [-0.05, 0) is 32.9 Å². The zero-order valence-corrected chi connectivity index (χ0v) is 16.8. The maximum absolute atomic E-state index is 12.9. The molecule has 3 rings (SSSR count). The summed E-state index contributed by atoms with van der Waals surface area (Å²) in [6, 6.07) is 7.43. The molecule has 138 valence electrons. The third-order valence-corrected chi connectivity index (χ3v) is 5.09. The number of rotatable bonds is 4. The largest absolute Gasteiger partial charge is 0.338 e. The van der Waals surface area contributed by atoms with Crippen molar-refractivity contribution in [1.82, 2.24) is 19.7 Å². The molecule has 0 N–H and O–H groups in total. The Morgan fingerprint density at radius 1 is 1.12 bits per heavy atom. The lowest BCUT2D eigenvalue weighted by molar-refractivity contribution is 0.364. The van der Waals surface area contributed by atoms with E-state index in [1.165, 1.54) is 11.8 Å². The van der Waals surface area contributed by atoms with Gasteiger partial charge in [0, 0.05) is 11.5 Å². The van der Waals surface area contributed by atoms with Gasteiger partial charge in [-0.25, -0.2) is 4.98 Å². The van der Waals surface area contributed by atoms with Gasteiger partial charge in [-0.1, -0.05) is 49.8 Å². The van der Waals surface area contributed by atoms with Crippen molar-refractivity contribution in [2.75, 3.05) is 0 Å². The van der Waals surface area contributed by atoms with Crippen molar-refractivity contribution in [3.05, 3.63) is 46.3 Å². The van der Waals surface area contributed by atoms with E-state index in [1.54, 1.807) is 4.57 Å². The van der Waals surface area contributed by atoms with E-state index in [-0.39, 0.29) is 22.3 Å². The van der Waals surface area contributed by atoms with Crippen molar-refractivity contribution in [2.24, 2.45) is 0 Å². The monoisotopic (exact) mass is 372 g/mol. The van der Waals surface area contributed by atoms with Crippen LogP contribution in [0.3, 0.4) is 0 Å². The molecule has 1 atom stereocenters. The van der Waals surface area contributed by atoms with Gasteiger partial charge in [0.25, 0.3) is 5.56 Å². The van der Waals surface area contributed by atoms with Crippen molar-refractivity contribution >= 4 is 22.7 Å². The molecular formula is C19H24N4O2S. The zero-order chi connectivity index (χ0) is 19.1. The Morgan fingerprint density at radius 2 is 1.81 bits per heavy atom. The second-order valence-electron chi connectivity index (χ2n) is 7.65. The van der Waals surface area contributed by atoms with Gasteiger partial charge in [0.05, 0.1) is 16.2 Å². The maximum atomic E-state index is 12.9. The summed E-state index contributed by atoms with van der Waals surface area (Å²) < 4.78 is 7.17. The molecule has 0 bridgehead atoms. The minimum atomic E-state index is -0.173. The van der Waals surface area contributed by atoms with Crippen LogP contribution in [0.5, 0.6) is 0 Å². The Balaban J connectivity index is 2.01. The summed E-state index contributed by atoms with van der Waals surface area (Å²) in [5.74, 6) is 1.21. The second-order valence-corrected chi connectivity index (χ2v) is 8.95. The van der Waals surface area contributed by atoms with Crippen LogP contribution in [0.4, 0.5) is 0 Å². The van der Waals surface area contributed by atoms with Crippen molar-refractivity contribution in [3.63, 3.8) is 0 Å². The van der Waals surface area contributed by atoms with Crippen LogP contribution in [-0.2, 0) is 5.41 Å². The van der Waals surface area contributed by atoms with Crippen LogP contribution in [0, 0.1) is 0 Å². The number of hydrogen-bond acceptors (Lipinski definition) is 6. The molecule has 0 aliphatic heterocycles. The average Bonchev–Trinajstić information content (AvgIpc) is 3.05. The molecular weight excluding hydrogens is 348 g/mol. The molecule has 0 amide bonds. The van der Waals surface area contributed by atoms with Crippen LogP contribution >= 0.6 is 11.8 Å². The highest BCUT2D eigenvalue weighted by Crippen LogP contribution is 2.34. The Kier molecular flexibility index (Phi) is 4.92. The normalized spacial score (nSPS) is 13.5. The summed E-state index contributed by atoms with van der Waals surface area (Å²) in [6.07, 6.45) is 0. The highest BCUT2D eigenvalue weighted by Gasteiger charge is 2.25. The molecule has 7 heteroatoms. The summed E-state index contributed by atoms with van der Waals surface area (Å²) in [7, 11) is 0. The van der Waals surface area contributed by atoms with E-state index >= 15 is 0 Å². The molecule has 6 nitrogen and oxygen atoms in total. The van der Waals surface area contributed by atoms with Crippen molar-refractivity contribution in [1.29, 1.82) is 0 Å². The molecule has 2 heterocycles. The fourth-order valence-electron chi connectivity index (χ4n) is 2.58. The molecule has 0 saturated heterocycles. The molecule has 3 aromatic rings. The fourth-order valence-corrected chi connectivity index (χ4v) is 3.65. The summed E-state index contributed by atoms with van der Waals surface area (Å²) in [4.78, 5) is 22.1. The third-order valence-electron chi connectivity index (χ3n) is 4.03. The van der Waals surface area contributed by atoms with Gasteiger partial charge in [0.2, 0.25) is 5.89 Å². The molecule has 1 unspecified atom stereocenters. The van der Waals surface area contributed by atoms with Crippen molar-refractivity contribution in [2.45, 2.75) is 63.4 Å². The van der Waals surface area contributed by atoms with E-state index < -0.39 is 0 Å². The molecule has 0 aliphatic rings. The SMILES string of the molecule is CC(Sc1nc2ccccc2c(=O)n1C(C)C)c1nc(C(C)(C)C)no1. The highest BCUT2D eigenvalue weighted by molar-refractivity contribution is 7.99. The predicted molar refractivity (Wildman–Crippen MR) is 104 cm³/mol. The number of thioether (sulfide) groups is 1. The number of nitrogens with zero attached hydrogens (tertiary/aromatic N) is 4. The van der Waals surface area contributed by atoms with Crippen molar-refractivity contribution < 1.29 is 4.52 Å². The molecule has 0 radical (unpaired) electrons. The predicted octanol–water partition coefficient (Wildman–Crippen LogP) is 4.51. The van der Waals surface area contributed by atoms with Crippen LogP contribution in [0.1, 0.15) is 64.5 Å². The Morgan fingerprint density at radius 3 is 2.42 bits per heavy atom. The zero-order valence-electron chi connectivity index (χ0n) is 16.0. The summed E-state index contributed by atoms with van der Waals surface area (Å²) in [6.45, 7) is 12.1. The van der Waals surface area contributed by atoms with Gasteiger partial charge in [-0.2, -0.15) is 4.98 Å². The maximum Gasteiger partial charge on any atom is 0.262 e. The number of fused-ring (bicyclic) bond motifs is 1. The summed E-state index contributed by atoms with van der Waals surface area (Å²) in [5.41, 5.74) is 0.499. The van der Waals surface area contributed by atoms with Crippen LogP contribution in [0.15, 0.2) is 38.7 Å². The first-order chi connectivity index (χ1) is 12.2. The smallest absolute Gasteiger partial charge is 0.262 e. The lowest BCUT2D eigenvalue weighted by Gasteiger charge is -2.17. The first-order valence-corrected chi connectivity index (χ1v) is 9.58. The minimum Gasteiger partial charge on any atom is -0.338 e. The van der Waals surface area contributed by atoms with E-state index in [2.05, 4.69) is 10.1 Å². The topological polar surface area (TPSA) is 73.8 Å².